The predicted molar refractivity (Wildman–Crippen MR) is 82.8 cm³/mol. The zero-order valence-corrected chi connectivity index (χ0v) is 13.2. The quantitative estimate of drug-likeness (QED) is 0.792. The van der Waals surface area contributed by atoms with Gasteiger partial charge in [0.1, 0.15) is 0 Å². The van der Waals surface area contributed by atoms with Gasteiger partial charge in [-0.3, -0.25) is 4.90 Å². The van der Waals surface area contributed by atoms with Crippen molar-refractivity contribution in [3.63, 3.8) is 0 Å². The lowest BCUT2D eigenvalue weighted by Crippen LogP contribution is -2.46. The first kappa shape index (κ1) is 15.9. The molecule has 6 nitrogen and oxygen atoms in total. The molecule has 0 saturated carbocycles. The first-order chi connectivity index (χ1) is 10.5. The fraction of sp³-hybridized carbons (Fsp3) is 0.600. The lowest BCUT2D eigenvalue weighted by Gasteiger charge is -2.27. The van der Waals surface area contributed by atoms with Crippen LogP contribution in [-0.4, -0.2) is 62.1 Å². The molecule has 3 atom stereocenters. The van der Waals surface area contributed by atoms with Gasteiger partial charge in [-0.15, -0.1) is 0 Å². The third-order valence-electron chi connectivity index (χ3n) is 4.26. The topological polar surface area (TPSA) is 78.9 Å². The molecule has 1 aromatic rings. The van der Waals surface area contributed by atoms with E-state index in [4.69, 9.17) is 4.74 Å². The summed E-state index contributed by atoms with van der Waals surface area (Å²) in [5, 5.41) is 9.66. The highest BCUT2D eigenvalue weighted by atomic mass is 32.2. The molecule has 0 amide bonds. The van der Waals surface area contributed by atoms with Crippen LogP contribution < -0.4 is 4.72 Å². The molecule has 22 heavy (non-hydrogen) atoms. The Hall–Kier alpha value is -0.990. The smallest absolute Gasteiger partial charge is 0.213 e. The van der Waals surface area contributed by atoms with Gasteiger partial charge in [-0.2, -0.15) is 0 Å². The van der Waals surface area contributed by atoms with E-state index in [1.807, 2.05) is 30.3 Å². The lowest BCUT2D eigenvalue weighted by molar-refractivity contribution is 0.0775. The maximum Gasteiger partial charge on any atom is 0.213 e. The number of hydrogen-bond donors (Lipinski definition) is 2. The van der Waals surface area contributed by atoms with Crippen molar-refractivity contribution in [2.45, 2.75) is 31.2 Å². The Morgan fingerprint density at radius 3 is 2.77 bits per heavy atom. The van der Waals surface area contributed by atoms with Gasteiger partial charge in [-0.05, 0) is 12.0 Å². The molecule has 2 aliphatic rings. The average Bonchev–Trinajstić information content (AvgIpc) is 3.03. The number of ether oxygens (including phenoxy) is 1. The van der Waals surface area contributed by atoms with Crippen molar-refractivity contribution in [2.75, 3.05) is 25.4 Å². The number of nitrogens with one attached hydrogen (secondary N) is 1. The summed E-state index contributed by atoms with van der Waals surface area (Å²) in [4.78, 5) is 2.05. The maximum absolute atomic E-state index is 11.9. The minimum atomic E-state index is -3.25. The highest BCUT2D eigenvalue weighted by Gasteiger charge is 2.42. The highest BCUT2D eigenvalue weighted by molar-refractivity contribution is 7.89. The van der Waals surface area contributed by atoms with Crippen LogP contribution >= 0.6 is 0 Å². The Morgan fingerprint density at radius 1 is 1.32 bits per heavy atom. The van der Waals surface area contributed by atoms with Gasteiger partial charge in [0.25, 0.3) is 0 Å². The molecule has 0 spiro atoms. The lowest BCUT2D eigenvalue weighted by atomic mass is 10.1. The van der Waals surface area contributed by atoms with E-state index in [1.54, 1.807) is 0 Å². The molecule has 122 valence electrons. The molecular formula is C15H22N2O4S. The van der Waals surface area contributed by atoms with Crippen molar-refractivity contribution < 1.29 is 18.3 Å². The molecule has 1 aromatic carbocycles. The number of nitrogens with zero attached hydrogens (tertiary/aromatic N) is 1. The number of rotatable bonds is 5. The largest absolute Gasteiger partial charge is 0.392 e. The van der Waals surface area contributed by atoms with Crippen molar-refractivity contribution in [3.8, 4) is 0 Å². The number of β-amino-alcohol motifs (C(OH)–C–C–N with tert-alkyl or cyclic N) is 1. The third kappa shape index (κ3) is 3.85. The molecule has 0 bridgehead atoms. The number of aliphatic hydroxyl groups is 1. The van der Waals surface area contributed by atoms with Crippen molar-refractivity contribution in [1.82, 2.24) is 9.62 Å². The molecule has 0 unspecified atom stereocenters. The van der Waals surface area contributed by atoms with Crippen LogP contribution in [0.5, 0.6) is 0 Å². The molecule has 2 fully saturated rings. The van der Waals surface area contributed by atoms with Crippen LogP contribution in [-0.2, 0) is 21.4 Å². The summed E-state index contributed by atoms with van der Waals surface area (Å²) >= 11 is 0. The molecule has 2 saturated heterocycles. The normalized spacial score (nSPS) is 31.6. The molecule has 0 aromatic heterocycles. The van der Waals surface area contributed by atoms with Gasteiger partial charge in [0.15, 0.2) is 0 Å². The van der Waals surface area contributed by atoms with Crippen molar-refractivity contribution >= 4 is 10.0 Å². The van der Waals surface area contributed by atoms with Crippen LogP contribution in [0.25, 0.3) is 0 Å². The van der Waals surface area contributed by atoms with E-state index in [9.17, 15) is 13.5 Å². The van der Waals surface area contributed by atoms with Gasteiger partial charge in [0.05, 0.1) is 31.1 Å². The van der Waals surface area contributed by atoms with Gasteiger partial charge in [-0.1, -0.05) is 30.3 Å². The molecule has 2 N–H and O–H groups in total. The van der Waals surface area contributed by atoms with Gasteiger partial charge in [0.2, 0.25) is 10.0 Å². The number of aliphatic hydroxyl groups excluding tert-OH is 1. The van der Waals surface area contributed by atoms with E-state index >= 15 is 0 Å². The molecule has 0 radical (unpaired) electrons. The highest BCUT2D eigenvalue weighted by Crippen LogP contribution is 2.21. The van der Waals surface area contributed by atoms with Crippen LogP contribution in [0.4, 0.5) is 0 Å². The Morgan fingerprint density at radius 2 is 2.09 bits per heavy atom. The minimum absolute atomic E-state index is 0.0824. The van der Waals surface area contributed by atoms with Crippen molar-refractivity contribution in [1.29, 1.82) is 0 Å². The molecule has 3 rings (SSSR count). The number of likely N-dealkylation sites (tertiary alicyclic amines) is 1. The summed E-state index contributed by atoms with van der Waals surface area (Å²) in [6, 6.07) is 9.43. The van der Waals surface area contributed by atoms with E-state index in [-0.39, 0.29) is 23.9 Å². The Labute approximate surface area is 131 Å². The summed E-state index contributed by atoms with van der Waals surface area (Å²) in [7, 11) is -3.25. The van der Waals surface area contributed by atoms with Crippen molar-refractivity contribution in [3.05, 3.63) is 35.9 Å². The second-order valence-electron chi connectivity index (χ2n) is 6.01. The summed E-state index contributed by atoms with van der Waals surface area (Å²) in [6.07, 6.45) is 0.350. The second-order valence-corrected chi connectivity index (χ2v) is 7.81. The minimum Gasteiger partial charge on any atom is -0.392 e. The Balaban J connectivity index is 1.58. The van der Waals surface area contributed by atoms with E-state index < -0.39 is 10.0 Å². The molecule has 2 aliphatic heterocycles. The van der Waals surface area contributed by atoms with Gasteiger partial charge >= 0.3 is 0 Å². The number of sulfonamides is 1. The zero-order chi connectivity index (χ0) is 15.6. The second kappa shape index (κ2) is 6.64. The molecule has 2 heterocycles. The van der Waals surface area contributed by atoms with Crippen LogP contribution in [0.2, 0.25) is 0 Å². The van der Waals surface area contributed by atoms with Crippen LogP contribution in [0.3, 0.4) is 0 Å². The maximum atomic E-state index is 11.9. The Kier molecular flexibility index (Phi) is 4.79. The fourth-order valence-electron chi connectivity index (χ4n) is 3.15. The zero-order valence-electron chi connectivity index (χ0n) is 12.4. The van der Waals surface area contributed by atoms with Crippen LogP contribution in [0.1, 0.15) is 12.0 Å². The van der Waals surface area contributed by atoms with Gasteiger partial charge < -0.3 is 9.84 Å². The van der Waals surface area contributed by atoms with E-state index in [0.717, 1.165) is 12.1 Å². The molecule has 7 heteroatoms. The number of hydrogen-bond acceptors (Lipinski definition) is 5. The van der Waals surface area contributed by atoms with Gasteiger partial charge in [0, 0.05) is 19.1 Å². The fourth-order valence-corrected chi connectivity index (χ4v) is 4.83. The monoisotopic (exact) mass is 326 g/mol. The van der Waals surface area contributed by atoms with E-state index in [2.05, 4.69) is 9.62 Å². The van der Waals surface area contributed by atoms with E-state index in [1.165, 1.54) is 0 Å². The molecular weight excluding hydrogens is 304 g/mol. The van der Waals surface area contributed by atoms with Gasteiger partial charge in [-0.25, -0.2) is 13.1 Å². The van der Waals surface area contributed by atoms with E-state index in [0.29, 0.717) is 26.2 Å². The first-order valence-electron chi connectivity index (χ1n) is 7.57. The van der Waals surface area contributed by atoms with Crippen LogP contribution in [0, 0.1) is 0 Å². The predicted octanol–water partition coefficient (Wildman–Crippen LogP) is -0.0600. The number of benzene rings is 1. The summed E-state index contributed by atoms with van der Waals surface area (Å²) in [5.74, 6) is 0.0824. The summed E-state index contributed by atoms with van der Waals surface area (Å²) in [5.41, 5.74) is 1.07. The SMILES string of the molecule is O=S1(=O)C[C@@H](N2CC[C@@H](O)C2)[C@H](COCc2ccccc2)N1. The van der Waals surface area contributed by atoms with Crippen LogP contribution in [0.15, 0.2) is 30.3 Å². The Bertz CT molecular complexity index is 593. The first-order valence-corrected chi connectivity index (χ1v) is 9.22. The third-order valence-corrected chi connectivity index (χ3v) is 5.70. The summed E-state index contributed by atoms with van der Waals surface area (Å²) < 4.78 is 32.1. The average molecular weight is 326 g/mol. The standard InChI is InChI=1S/C15H22N2O4S/c18-13-6-7-17(8-13)15-11-22(19,20)16-14(15)10-21-9-12-4-2-1-3-5-12/h1-5,13-16,18H,6-11H2/t13-,14+,15-/m1/s1. The van der Waals surface area contributed by atoms with Crippen molar-refractivity contribution in [2.24, 2.45) is 0 Å². The summed E-state index contributed by atoms with van der Waals surface area (Å²) in [6.45, 7) is 2.08. The molecule has 0 aliphatic carbocycles.